The number of rotatable bonds is 5. The maximum absolute atomic E-state index is 12.5. The molecule has 0 spiro atoms. The fourth-order valence-corrected chi connectivity index (χ4v) is 2.76. The third kappa shape index (κ3) is 2.20. The van der Waals surface area contributed by atoms with E-state index in [0.717, 1.165) is 16.5 Å². The van der Waals surface area contributed by atoms with Gasteiger partial charge >= 0.3 is 5.97 Å². The van der Waals surface area contributed by atoms with Crippen molar-refractivity contribution in [3.05, 3.63) is 35.9 Å². The lowest BCUT2D eigenvalue weighted by Crippen LogP contribution is -2.28. The summed E-state index contributed by atoms with van der Waals surface area (Å²) in [7, 11) is 1.57. The Balaban J connectivity index is 2.00. The summed E-state index contributed by atoms with van der Waals surface area (Å²) in [4.78, 5) is 24.8. The molecular weight excluding hydrogens is 270 g/mol. The van der Waals surface area contributed by atoms with Gasteiger partial charge in [-0.2, -0.15) is 0 Å². The van der Waals surface area contributed by atoms with Crippen LogP contribution in [-0.2, 0) is 4.79 Å². The summed E-state index contributed by atoms with van der Waals surface area (Å²) in [5, 5.41) is 10.6. The molecule has 5 heteroatoms. The van der Waals surface area contributed by atoms with Gasteiger partial charge in [0.05, 0.1) is 18.4 Å². The SMILES string of the molecule is COc1cc2c3c(cccc3c1)N(CCCC(=O)O)C2=O. The maximum Gasteiger partial charge on any atom is 0.303 e. The van der Waals surface area contributed by atoms with E-state index in [0.29, 0.717) is 24.3 Å². The highest BCUT2D eigenvalue weighted by atomic mass is 16.5. The second kappa shape index (κ2) is 5.09. The molecule has 2 aromatic carbocycles. The number of hydrogen-bond acceptors (Lipinski definition) is 3. The first-order chi connectivity index (χ1) is 10.1. The van der Waals surface area contributed by atoms with Gasteiger partial charge in [0.15, 0.2) is 0 Å². The topological polar surface area (TPSA) is 66.8 Å². The Morgan fingerprint density at radius 2 is 2.14 bits per heavy atom. The van der Waals surface area contributed by atoms with Crippen LogP contribution in [0.5, 0.6) is 5.75 Å². The number of amides is 1. The lowest BCUT2D eigenvalue weighted by Gasteiger charge is -2.16. The number of hydrogen-bond donors (Lipinski definition) is 1. The number of methoxy groups -OCH3 is 1. The number of carboxylic acids is 1. The van der Waals surface area contributed by atoms with Crippen molar-refractivity contribution in [2.75, 3.05) is 18.6 Å². The van der Waals surface area contributed by atoms with E-state index in [1.54, 1.807) is 18.1 Å². The summed E-state index contributed by atoms with van der Waals surface area (Å²) >= 11 is 0. The third-order valence-electron chi connectivity index (χ3n) is 3.70. The first-order valence-electron chi connectivity index (χ1n) is 6.76. The Labute approximate surface area is 121 Å². The summed E-state index contributed by atoms with van der Waals surface area (Å²) in [6.45, 7) is 0.404. The van der Waals surface area contributed by atoms with Crippen LogP contribution in [0.4, 0.5) is 5.69 Å². The van der Waals surface area contributed by atoms with Crippen molar-refractivity contribution in [2.24, 2.45) is 0 Å². The van der Waals surface area contributed by atoms with E-state index in [2.05, 4.69) is 0 Å². The van der Waals surface area contributed by atoms with Crippen molar-refractivity contribution in [2.45, 2.75) is 12.8 Å². The molecule has 0 aliphatic carbocycles. The minimum atomic E-state index is -0.848. The zero-order valence-corrected chi connectivity index (χ0v) is 11.6. The van der Waals surface area contributed by atoms with Crippen molar-refractivity contribution in [3.63, 3.8) is 0 Å². The minimum absolute atomic E-state index is 0.0550. The molecule has 0 bridgehead atoms. The van der Waals surface area contributed by atoms with Crippen LogP contribution in [0.1, 0.15) is 23.2 Å². The predicted molar refractivity (Wildman–Crippen MR) is 79.0 cm³/mol. The molecule has 0 unspecified atom stereocenters. The molecule has 1 N–H and O–H groups in total. The molecule has 2 aromatic rings. The van der Waals surface area contributed by atoms with Crippen molar-refractivity contribution < 1.29 is 19.4 Å². The van der Waals surface area contributed by atoms with E-state index >= 15 is 0 Å². The van der Waals surface area contributed by atoms with Crippen molar-refractivity contribution in [1.29, 1.82) is 0 Å². The van der Waals surface area contributed by atoms with Crippen LogP contribution in [0, 0.1) is 0 Å². The van der Waals surface area contributed by atoms with Crippen LogP contribution in [0.25, 0.3) is 10.8 Å². The van der Waals surface area contributed by atoms with E-state index in [-0.39, 0.29) is 12.3 Å². The Bertz CT molecular complexity index is 738. The van der Waals surface area contributed by atoms with Crippen LogP contribution in [-0.4, -0.2) is 30.6 Å². The molecule has 0 radical (unpaired) electrons. The number of benzene rings is 2. The molecular formula is C16H15NO4. The fourth-order valence-electron chi connectivity index (χ4n) is 2.76. The number of carboxylic acid groups (broad SMARTS) is 1. The number of anilines is 1. The molecule has 0 atom stereocenters. The summed E-state index contributed by atoms with van der Waals surface area (Å²) < 4.78 is 5.24. The van der Waals surface area contributed by atoms with Gasteiger partial charge in [0.1, 0.15) is 5.75 Å². The first-order valence-corrected chi connectivity index (χ1v) is 6.76. The van der Waals surface area contributed by atoms with Crippen molar-refractivity contribution in [1.82, 2.24) is 0 Å². The number of aliphatic carboxylic acids is 1. The van der Waals surface area contributed by atoms with Gasteiger partial charge in [-0.1, -0.05) is 12.1 Å². The van der Waals surface area contributed by atoms with E-state index in [9.17, 15) is 9.59 Å². The molecule has 108 valence electrons. The number of nitrogens with zero attached hydrogens (tertiary/aromatic N) is 1. The molecule has 0 aromatic heterocycles. The molecule has 3 rings (SSSR count). The van der Waals surface area contributed by atoms with E-state index in [4.69, 9.17) is 9.84 Å². The molecule has 5 nitrogen and oxygen atoms in total. The summed E-state index contributed by atoms with van der Waals surface area (Å²) in [6, 6.07) is 9.37. The summed E-state index contributed by atoms with van der Waals surface area (Å²) in [6.07, 6.45) is 0.488. The van der Waals surface area contributed by atoms with Crippen molar-refractivity contribution >= 4 is 28.3 Å². The standard InChI is InChI=1S/C16H15NO4/c1-21-11-8-10-4-2-5-13-15(10)12(9-11)16(20)17(13)7-3-6-14(18)19/h2,4-5,8-9H,3,6-7H2,1H3,(H,18,19). The van der Waals surface area contributed by atoms with Crippen LogP contribution < -0.4 is 9.64 Å². The molecule has 1 aliphatic heterocycles. The second-order valence-corrected chi connectivity index (χ2v) is 5.00. The number of carbonyl (C=O) groups excluding carboxylic acids is 1. The Morgan fingerprint density at radius 3 is 2.86 bits per heavy atom. The number of carbonyl (C=O) groups is 2. The highest BCUT2D eigenvalue weighted by molar-refractivity contribution is 6.25. The molecule has 21 heavy (non-hydrogen) atoms. The van der Waals surface area contributed by atoms with Gasteiger partial charge in [-0.25, -0.2) is 0 Å². The quantitative estimate of drug-likeness (QED) is 0.917. The first kappa shape index (κ1) is 13.4. The highest BCUT2D eigenvalue weighted by Crippen LogP contribution is 2.39. The smallest absolute Gasteiger partial charge is 0.303 e. The highest BCUT2D eigenvalue weighted by Gasteiger charge is 2.30. The van der Waals surface area contributed by atoms with Gasteiger partial charge in [0.25, 0.3) is 5.91 Å². The average Bonchev–Trinajstić information content (AvgIpc) is 2.74. The molecule has 0 saturated carbocycles. The zero-order valence-electron chi connectivity index (χ0n) is 11.6. The lowest BCUT2D eigenvalue weighted by molar-refractivity contribution is -0.137. The fraction of sp³-hybridized carbons (Fsp3) is 0.250. The van der Waals surface area contributed by atoms with Crippen LogP contribution >= 0.6 is 0 Å². The van der Waals surface area contributed by atoms with Crippen LogP contribution in [0.3, 0.4) is 0 Å². The minimum Gasteiger partial charge on any atom is -0.497 e. The van der Waals surface area contributed by atoms with Gasteiger partial charge in [0.2, 0.25) is 0 Å². The normalized spacial score (nSPS) is 13.0. The Hall–Kier alpha value is -2.56. The van der Waals surface area contributed by atoms with Gasteiger partial charge < -0.3 is 14.7 Å². The van der Waals surface area contributed by atoms with E-state index in [1.807, 2.05) is 24.3 Å². The van der Waals surface area contributed by atoms with Gasteiger partial charge in [-0.3, -0.25) is 9.59 Å². The Kier molecular flexibility index (Phi) is 3.25. The zero-order chi connectivity index (χ0) is 15.0. The molecule has 0 fully saturated rings. The molecule has 0 saturated heterocycles. The van der Waals surface area contributed by atoms with Crippen LogP contribution in [0.15, 0.2) is 30.3 Å². The molecule has 1 amide bonds. The Morgan fingerprint density at radius 1 is 1.33 bits per heavy atom. The van der Waals surface area contributed by atoms with E-state index < -0.39 is 5.97 Å². The number of ether oxygens (including phenoxy) is 1. The second-order valence-electron chi connectivity index (χ2n) is 5.00. The molecule has 1 heterocycles. The lowest BCUT2D eigenvalue weighted by atomic mass is 10.1. The monoisotopic (exact) mass is 285 g/mol. The van der Waals surface area contributed by atoms with Crippen molar-refractivity contribution in [3.8, 4) is 5.75 Å². The largest absolute Gasteiger partial charge is 0.497 e. The summed E-state index contributed by atoms with van der Waals surface area (Å²) in [5.41, 5.74) is 1.47. The van der Waals surface area contributed by atoms with E-state index in [1.165, 1.54) is 0 Å². The van der Waals surface area contributed by atoms with Crippen LogP contribution in [0.2, 0.25) is 0 Å². The maximum atomic E-state index is 12.5. The third-order valence-corrected chi connectivity index (χ3v) is 3.70. The average molecular weight is 285 g/mol. The van der Waals surface area contributed by atoms with Gasteiger partial charge in [0, 0.05) is 18.4 Å². The summed E-state index contributed by atoms with van der Waals surface area (Å²) in [5.74, 6) is -0.292. The predicted octanol–water partition coefficient (Wildman–Crippen LogP) is 2.67. The molecule has 1 aliphatic rings. The van der Waals surface area contributed by atoms with Gasteiger partial charge in [-0.05, 0) is 30.0 Å². The van der Waals surface area contributed by atoms with Gasteiger partial charge in [-0.15, -0.1) is 0 Å².